The summed E-state index contributed by atoms with van der Waals surface area (Å²) in [7, 11) is 0. The maximum atomic E-state index is 12.4. The van der Waals surface area contributed by atoms with Crippen LogP contribution < -0.4 is 0 Å². The SMILES string of the molecule is O=C(OCc1ccccc1)N1CCCCC1c1nccs1. The molecule has 1 aromatic heterocycles. The number of benzene rings is 1. The topological polar surface area (TPSA) is 42.4 Å². The number of thiazole rings is 1. The molecule has 2 aromatic rings. The zero-order valence-corrected chi connectivity index (χ0v) is 12.6. The number of nitrogens with zero attached hydrogens (tertiary/aromatic N) is 2. The van der Waals surface area contributed by atoms with Crippen molar-refractivity contribution in [2.75, 3.05) is 6.54 Å². The molecule has 2 heterocycles. The molecule has 0 bridgehead atoms. The number of likely N-dealkylation sites (tertiary alicyclic amines) is 1. The third-order valence-corrected chi connectivity index (χ3v) is 4.56. The van der Waals surface area contributed by atoms with Crippen molar-refractivity contribution in [3.63, 3.8) is 0 Å². The summed E-state index contributed by atoms with van der Waals surface area (Å²) in [6.45, 7) is 1.07. The van der Waals surface area contributed by atoms with Crippen molar-refractivity contribution in [2.45, 2.75) is 31.9 Å². The van der Waals surface area contributed by atoms with E-state index in [1.165, 1.54) is 0 Å². The van der Waals surface area contributed by atoms with E-state index in [1.54, 1.807) is 17.5 Å². The molecule has 1 saturated heterocycles. The van der Waals surface area contributed by atoms with Crippen molar-refractivity contribution in [1.29, 1.82) is 0 Å². The fourth-order valence-corrected chi connectivity index (χ4v) is 3.39. The Hall–Kier alpha value is -1.88. The summed E-state index contributed by atoms with van der Waals surface area (Å²) < 4.78 is 5.46. The number of rotatable bonds is 3. The second-order valence-electron chi connectivity index (χ2n) is 5.12. The number of carbonyl (C=O) groups is 1. The van der Waals surface area contributed by atoms with Gasteiger partial charge in [-0.05, 0) is 24.8 Å². The van der Waals surface area contributed by atoms with Gasteiger partial charge in [0.05, 0.1) is 6.04 Å². The molecule has 3 rings (SSSR count). The van der Waals surface area contributed by atoms with Crippen LogP contribution in [0.1, 0.15) is 35.9 Å². The van der Waals surface area contributed by atoms with E-state index >= 15 is 0 Å². The van der Waals surface area contributed by atoms with Crippen molar-refractivity contribution in [3.8, 4) is 0 Å². The summed E-state index contributed by atoms with van der Waals surface area (Å²) in [5, 5.41) is 2.96. The van der Waals surface area contributed by atoms with Gasteiger partial charge in [0, 0.05) is 18.1 Å². The Bertz CT molecular complexity index is 571. The summed E-state index contributed by atoms with van der Waals surface area (Å²) in [4.78, 5) is 18.5. The Balaban J connectivity index is 1.64. The molecule has 1 unspecified atom stereocenters. The molecule has 1 fully saturated rings. The van der Waals surface area contributed by atoms with Crippen LogP contribution in [0.4, 0.5) is 4.79 Å². The average molecular weight is 302 g/mol. The van der Waals surface area contributed by atoms with Gasteiger partial charge < -0.3 is 4.74 Å². The highest BCUT2D eigenvalue weighted by atomic mass is 32.1. The number of hydrogen-bond acceptors (Lipinski definition) is 4. The first-order valence-corrected chi connectivity index (χ1v) is 8.09. The fraction of sp³-hybridized carbons (Fsp3) is 0.375. The largest absolute Gasteiger partial charge is 0.445 e. The number of piperidine rings is 1. The van der Waals surface area contributed by atoms with Crippen LogP contribution in [0.3, 0.4) is 0 Å². The lowest BCUT2D eigenvalue weighted by molar-refractivity contribution is 0.0678. The van der Waals surface area contributed by atoms with E-state index in [0.717, 1.165) is 36.4 Å². The number of aromatic nitrogens is 1. The van der Waals surface area contributed by atoms with Gasteiger partial charge in [-0.15, -0.1) is 11.3 Å². The third kappa shape index (κ3) is 3.42. The van der Waals surface area contributed by atoms with Crippen LogP contribution in [0.15, 0.2) is 41.9 Å². The zero-order chi connectivity index (χ0) is 14.5. The highest BCUT2D eigenvalue weighted by molar-refractivity contribution is 7.09. The molecule has 0 spiro atoms. The van der Waals surface area contributed by atoms with Gasteiger partial charge in [-0.2, -0.15) is 0 Å². The van der Waals surface area contributed by atoms with E-state index in [0.29, 0.717) is 6.61 Å². The molecular formula is C16H18N2O2S. The normalized spacial score (nSPS) is 18.5. The van der Waals surface area contributed by atoms with Crippen LogP contribution in [-0.2, 0) is 11.3 Å². The first kappa shape index (κ1) is 14.1. The molecule has 21 heavy (non-hydrogen) atoms. The molecule has 5 heteroatoms. The molecule has 4 nitrogen and oxygen atoms in total. The van der Waals surface area contributed by atoms with E-state index in [9.17, 15) is 4.79 Å². The van der Waals surface area contributed by atoms with Crippen molar-refractivity contribution >= 4 is 17.4 Å². The minimum absolute atomic E-state index is 0.0713. The molecule has 1 aliphatic rings. The molecule has 0 saturated carbocycles. The highest BCUT2D eigenvalue weighted by Gasteiger charge is 2.30. The minimum atomic E-state index is -0.237. The van der Waals surface area contributed by atoms with E-state index < -0.39 is 0 Å². The Labute approximate surface area is 128 Å². The summed E-state index contributed by atoms with van der Waals surface area (Å²) >= 11 is 1.60. The molecule has 1 aliphatic heterocycles. The lowest BCUT2D eigenvalue weighted by Gasteiger charge is -2.33. The Kier molecular flexibility index (Phi) is 4.50. The van der Waals surface area contributed by atoms with E-state index in [1.807, 2.05) is 40.6 Å². The van der Waals surface area contributed by atoms with Gasteiger partial charge in [-0.1, -0.05) is 30.3 Å². The van der Waals surface area contributed by atoms with Crippen molar-refractivity contribution in [2.24, 2.45) is 0 Å². The van der Waals surface area contributed by atoms with Crippen LogP contribution in [0, 0.1) is 0 Å². The number of carbonyl (C=O) groups excluding carboxylic acids is 1. The standard InChI is InChI=1S/C16H18N2O2S/c19-16(20-12-13-6-2-1-3-7-13)18-10-5-4-8-14(18)15-17-9-11-21-15/h1-3,6-7,9,11,14H,4-5,8,10,12H2. The van der Waals surface area contributed by atoms with Crippen molar-refractivity contribution in [3.05, 3.63) is 52.5 Å². The monoisotopic (exact) mass is 302 g/mol. The summed E-state index contributed by atoms with van der Waals surface area (Å²) in [5.41, 5.74) is 1.01. The van der Waals surface area contributed by atoms with Gasteiger partial charge in [0.15, 0.2) is 0 Å². The Morgan fingerprint density at radius 3 is 2.95 bits per heavy atom. The van der Waals surface area contributed by atoms with E-state index in [2.05, 4.69) is 4.98 Å². The second kappa shape index (κ2) is 6.72. The predicted octanol–water partition coefficient (Wildman–Crippen LogP) is 4.01. The quantitative estimate of drug-likeness (QED) is 0.860. The van der Waals surface area contributed by atoms with Crippen molar-refractivity contribution in [1.82, 2.24) is 9.88 Å². The van der Waals surface area contributed by atoms with Crippen LogP contribution in [0.25, 0.3) is 0 Å². The molecule has 0 aliphatic carbocycles. The number of amides is 1. The van der Waals surface area contributed by atoms with Gasteiger partial charge in [-0.25, -0.2) is 9.78 Å². The van der Waals surface area contributed by atoms with Crippen LogP contribution >= 0.6 is 11.3 Å². The number of hydrogen-bond donors (Lipinski definition) is 0. The molecule has 0 N–H and O–H groups in total. The first-order valence-electron chi connectivity index (χ1n) is 7.21. The summed E-state index contributed by atoms with van der Waals surface area (Å²) in [6, 6.07) is 9.84. The van der Waals surface area contributed by atoms with Gasteiger partial charge in [0.1, 0.15) is 11.6 Å². The number of ether oxygens (including phenoxy) is 1. The molecule has 1 atom stereocenters. The fourth-order valence-electron chi connectivity index (χ4n) is 2.61. The summed E-state index contributed by atoms with van der Waals surface area (Å²) in [5.74, 6) is 0. The summed E-state index contributed by atoms with van der Waals surface area (Å²) in [6.07, 6.45) is 4.68. The van der Waals surface area contributed by atoms with Crippen LogP contribution in [0.5, 0.6) is 0 Å². The Morgan fingerprint density at radius 1 is 1.33 bits per heavy atom. The van der Waals surface area contributed by atoms with E-state index in [4.69, 9.17) is 4.74 Å². The first-order chi connectivity index (χ1) is 10.3. The smallest absolute Gasteiger partial charge is 0.410 e. The average Bonchev–Trinajstić information content (AvgIpc) is 3.08. The van der Waals surface area contributed by atoms with Gasteiger partial charge >= 0.3 is 6.09 Å². The molecule has 110 valence electrons. The maximum absolute atomic E-state index is 12.4. The van der Waals surface area contributed by atoms with Gasteiger partial charge in [0.25, 0.3) is 0 Å². The molecular weight excluding hydrogens is 284 g/mol. The molecule has 1 amide bonds. The molecule has 1 aromatic carbocycles. The van der Waals surface area contributed by atoms with Crippen molar-refractivity contribution < 1.29 is 9.53 Å². The minimum Gasteiger partial charge on any atom is -0.445 e. The van der Waals surface area contributed by atoms with Gasteiger partial charge in [0.2, 0.25) is 0 Å². The lowest BCUT2D eigenvalue weighted by Crippen LogP contribution is -2.38. The van der Waals surface area contributed by atoms with Gasteiger partial charge in [-0.3, -0.25) is 4.90 Å². The Morgan fingerprint density at radius 2 is 2.19 bits per heavy atom. The zero-order valence-electron chi connectivity index (χ0n) is 11.8. The molecule has 0 radical (unpaired) electrons. The lowest BCUT2D eigenvalue weighted by atomic mass is 10.0. The third-order valence-electron chi connectivity index (χ3n) is 3.68. The van der Waals surface area contributed by atoms with Crippen LogP contribution in [0.2, 0.25) is 0 Å². The second-order valence-corrected chi connectivity index (χ2v) is 6.04. The van der Waals surface area contributed by atoms with Crippen LogP contribution in [-0.4, -0.2) is 22.5 Å². The van der Waals surface area contributed by atoms with E-state index in [-0.39, 0.29) is 12.1 Å². The maximum Gasteiger partial charge on any atom is 0.410 e. The highest BCUT2D eigenvalue weighted by Crippen LogP contribution is 2.32. The predicted molar refractivity (Wildman–Crippen MR) is 82.0 cm³/mol.